The van der Waals surface area contributed by atoms with Crippen molar-refractivity contribution >= 4 is 16.9 Å². The lowest BCUT2D eigenvalue weighted by atomic mass is 10.1. The van der Waals surface area contributed by atoms with Gasteiger partial charge in [-0.05, 0) is 19.4 Å². The molecule has 0 N–H and O–H groups in total. The number of benzene rings is 1. The predicted octanol–water partition coefficient (Wildman–Crippen LogP) is 4.15. The van der Waals surface area contributed by atoms with Crippen molar-refractivity contribution in [2.75, 3.05) is 0 Å². The molecule has 0 bridgehead atoms. The third kappa shape index (κ3) is 2.16. The molecule has 2 heteroatoms. The zero-order valence-electron chi connectivity index (χ0n) is 8.95. The van der Waals surface area contributed by atoms with E-state index in [1.54, 1.807) is 11.3 Å². The third-order valence-electron chi connectivity index (χ3n) is 2.29. The highest BCUT2D eigenvalue weighted by Crippen LogP contribution is 2.23. The van der Waals surface area contributed by atoms with Gasteiger partial charge >= 0.3 is 0 Å². The van der Waals surface area contributed by atoms with Gasteiger partial charge in [-0.3, -0.25) is 0 Å². The van der Waals surface area contributed by atoms with Gasteiger partial charge < -0.3 is 0 Å². The summed E-state index contributed by atoms with van der Waals surface area (Å²) in [5.74, 6) is 0. The van der Waals surface area contributed by atoms with Crippen molar-refractivity contribution in [1.29, 1.82) is 0 Å². The molecule has 0 aliphatic heterocycles. The van der Waals surface area contributed by atoms with E-state index >= 15 is 0 Å². The Hall–Kier alpha value is -1.41. The van der Waals surface area contributed by atoms with Crippen molar-refractivity contribution in [2.45, 2.75) is 13.8 Å². The molecule has 0 atom stereocenters. The van der Waals surface area contributed by atoms with Crippen molar-refractivity contribution in [3.05, 3.63) is 46.8 Å². The average Bonchev–Trinajstić information content (AvgIpc) is 2.65. The summed E-state index contributed by atoms with van der Waals surface area (Å²) in [6.07, 6.45) is 0. The molecule has 0 aliphatic rings. The highest BCUT2D eigenvalue weighted by atomic mass is 32.1. The SMILES string of the molecule is C=C(C)c1ccc(-c2csc(C)n2)cc1. The van der Waals surface area contributed by atoms with E-state index in [0.717, 1.165) is 16.3 Å². The number of aromatic nitrogens is 1. The summed E-state index contributed by atoms with van der Waals surface area (Å²) in [4.78, 5) is 4.45. The van der Waals surface area contributed by atoms with Crippen molar-refractivity contribution in [2.24, 2.45) is 0 Å². The molecule has 0 unspecified atom stereocenters. The standard InChI is InChI=1S/C13H13NS/c1-9(2)11-4-6-12(7-5-11)13-8-15-10(3)14-13/h4-8H,1H2,2-3H3. The second-order valence-corrected chi connectivity index (χ2v) is 4.67. The van der Waals surface area contributed by atoms with Gasteiger partial charge in [0.1, 0.15) is 0 Å². The molecule has 0 radical (unpaired) electrons. The zero-order valence-corrected chi connectivity index (χ0v) is 9.77. The Balaban J connectivity index is 2.35. The first-order valence-electron chi connectivity index (χ1n) is 4.85. The second-order valence-electron chi connectivity index (χ2n) is 3.61. The van der Waals surface area contributed by atoms with Gasteiger partial charge in [-0.1, -0.05) is 36.4 Å². The first kappa shape index (κ1) is 10.1. The Morgan fingerprint density at radius 1 is 1.27 bits per heavy atom. The minimum absolute atomic E-state index is 1.06. The lowest BCUT2D eigenvalue weighted by molar-refractivity contribution is 1.30. The molecule has 1 nitrogen and oxygen atoms in total. The summed E-state index contributed by atoms with van der Waals surface area (Å²) in [6, 6.07) is 8.37. The van der Waals surface area contributed by atoms with Crippen molar-refractivity contribution in [3.63, 3.8) is 0 Å². The minimum Gasteiger partial charge on any atom is -0.242 e. The Kier molecular flexibility index (Phi) is 2.69. The monoisotopic (exact) mass is 215 g/mol. The number of nitrogens with zero attached hydrogens (tertiary/aromatic N) is 1. The van der Waals surface area contributed by atoms with Gasteiger partial charge in [0.25, 0.3) is 0 Å². The third-order valence-corrected chi connectivity index (χ3v) is 3.07. The van der Waals surface area contributed by atoms with Gasteiger partial charge in [-0.15, -0.1) is 11.3 Å². The summed E-state index contributed by atoms with van der Waals surface area (Å²) in [7, 11) is 0. The van der Waals surface area contributed by atoms with Crippen LogP contribution in [-0.4, -0.2) is 4.98 Å². The quantitative estimate of drug-likeness (QED) is 0.733. The molecule has 0 saturated carbocycles. The van der Waals surface area contributed by atoms with E-state index in [4.69, 9.17) is 0 Å². The largest absolute Gasteiger partial charge is 0.242 e. The van der Waals surface area contributed by atoms with E-state index in [2.05, 4.69) is 41.2 Å². The van der Waals surface area contributed by atoms with E-state index in [0.29, 0.717) is 0 Å². The minimum atomic E-state index is 1.06. The Bertz CT molecular complexity index is 479. The van der Waals surface area contributed by atoms with E-state index in [9.17, 15) is 0 Å². The fraction of sp³-hybridized carbons (Fsp3) is 0.154. The summed E-state index contributed by atoms with van der Waals surface area (Å²) >= 11 is 1.68. The van der Waals surface area contributed by atoms with Crippen LogP contribution in [0, 0.1) is 6.92 Å². The number of aryl methyl sites for hydroxylation is 1. The van der Waals surface area contributed by atoms with Gasteiger partial charge in [0.05, 0.1) is 10.7 Å². The van der Waals surface area contributed by atoms with Crippen LogP contribution in [0.5, 0.6) is 0 Å². The number of thiazole rings is 1. The maximum atomic E-state index is 4.45. The van der Waals surface area contributed by atoms with Crippen LogP contribution < -0.4 is 0 Å². The van der Waals surface area contributed by atoms with Crippen LogP contribution >= 0.6 is 11.3 Å². The molecular weight excluding hydrogens is 202 g/mol. The lowest BCUT2D eigenvalue weighted by Crippen LogP contribution is -1.80. The van der Waals surface area contributed by atoms with Gasteiger partial charge in [-0.2, -0.15) is 0 Å². The Morgan fingerprint density at radius 3 is 2.40 bits per heavy atom. The molecule has 2 rings (SSSR count). The van der Waals surface area contributed by atoms with Gasteiger partial charge in [0.2, 0.25) is 0 Å². The highest BCUT2D eigenvalue weighted by molar-refractivity contribution is 7.09. The smallest absolute Gasteiger partial charge is 0.0901 e. The number of hydrogen-bond donors (Lipinski definition) is 0. The number of rotatable bonds is 2. The summed E-state index contributed by atoms with van der Waals surface area (Å²) in [6.45, 7) is 7.96. The van der Waals surface area contributed by atoms with Crippen LogP contribution in [0.3, 0.4) is 0 Å². The Morgan fingerprint density at radius 2 is 1.93 bits per heavy atom. The molecule has 1 heterocycles. The first-order chi connectivity index (χ1) is 7.16. The van der Waals surface area contributed by atoms with Crippen LogP contribution in [0.25, 0.3) is 16.8 Å². The van der Waals surface area contributed by atoms with E-state index in [1.165, 1.54) is 11.1 Å². The predicted molar refractivity (Wildman–Crippen MR) is 67.0 cm³/mol. The normalized spacial score (nSPS) is 10.3. The molecule has 1 aromatic carbocycles. The van der Waals surface area contributed by atoms with Crippen LogP contribution in [0.15, 0.2) is 36.2 Å². The van der Waals surface area contributed by atoms with Gasteiger partial charge in [0, 0.05) is 10.9 Å². The highest BCUT2D eigenvalue weighted by Gasteiger charge is 2.01. The van der Waals surface area contributed by atoms with Crippen molar-refractivity contribution in [3.8, 4) is 11.3 Å². The molecule has 1 aromatic heterocycles. The van der Waals surface area contributed by atoms with Crippen LogP contribution in [0.4, 0.5) is 0 Å². The maximum Gasteiger partial charge on any atom is 0.0901 e. The zero-order chi connectivity index (χ0) is 10.8. The van der Waals surface area contributed by atoms with E-state index in [1.807, 2.05) is 13.8 Å². The van der Waals surface area contributed by atoms with Crippen molar-refractivity contribution < 1.29 is 0 Å². The lowest BCUT2D eigenvalue weighted by Gasteiger charge is -2.00. The topological polar surface area (TPSA) is 12.9 Å². The summed E-state index contributed by atoms with van der Waals surface area (Å²) in [5.41, 5.74) is 4.51. The van der Waals surface area contributed by atoms with Gasteiger partial charge in [-0.25, -0.2) is 4.98 Å². The molecule has 0 saturated heterocycles. The first-order valence-corrected chi connectivity index (χ1v) is 5.73. The second kappa shape index (κ2) is 3.99. The fourth-order valence-electron chi connectivity index (χ4n) is 1.42. The maximum absolute atomic E-state index is 4.45. The van der Waals surface area contributed by atoms with E-state index < -0.39 is 0 Å². The molecule has 76 valence electrons. The number of hydrogen-bond acceptors (Lipinski definition) is 2. The Labute approximate surface area is 94.1 Å². The molecule has 0 spiro atoms. The van der Waals surface area contributed by atoms with Gasteiger partial charge in [0.15, 0.2) is 0 Å². The molecule has 0 fully saturated rings. The van der Waals surface area contributed by atoms with Crippen molar-refractivity contribution in [1.82, 2.24) is 4.98 Å². The molecule has 0 aliphatic carbocycles. The summed E-state index contributed by atoms with van der Waals surface area (Å²) < 4.78 is 0. The van der Waals surface area contributed by atoms with Crippen LogP contribution in [0.1, 0.15) is 17.5 Å². The van der Waals surface area contributed by atoms with Crippen LogP contribution in [-0.2, 0) is 0 Å². The molecular formula is C13H13NS. The van der Waals surface area contributed by atoms with E-state index in [-0.39, 0.29) is 0 Å². The number of allylic oxidation sites excluding steroid dienone is 1. The van der Waals surface area contributed by atoms with Crippen LogP contribution in [0.2, 0.25) is 0 Å². The molecule has 2 aromatic rings. The summed E-state index contributed by atoms with van der Waals surface area (Å²) in [5, 5.41) is 3.19. The molecule has 15 heavy (non-hydrogen) atoms. The average molecular weight is 215 g/mol. The molecule has 0 amide bonds. The fourth-order valence-corrected chi connectivity index (χ4v) is 2.04.